The Labute approximate surface area is 140 Å². The third-order valence-electron chi connectivity index (χ3n) is 3.74. The molecule has 0 spiro atoms. The van der Waals surface area contributed by atoms with Gasteiger partial charge in [-0.05, 0) is 6.42 Å². The lowest BCUT2D eigenvalue weighted by Gasteiger charge is -2.17. The highest BCUT2D eigenvalue weighted by Gasteiger charge is 2.20. The third-order valence-corrected chi connectivity index (χ3v) is 3.74. The van der Waals surface area contributed by atoms with Crippen LogP contribution < -0.4 is 0 Å². The predicted molar refractivity (Wildman–Crippen MR) is 91.6 cm³/mol. The molecule has 0 aromatic carbocycles. The molecule has 1 heterocycles. The Bertz CT molecular complexity index is 298. The minimum atomic E-state index is -6.00. The monoisotopic (exact) mass is 340 g/mol. The highest BCUT2D eigenvalue weighted by atomic mass is 19.5. The van der Waals surface area contributed by atoms with Gasteiger partial charge in [0.05, 0.1) is 6.67 Å². The van der Waals surface area contributed by atoms with E-state index in [0.717, 1.165) is 6.67 Å². The first-order valence-electron chi connectivity index (χ1n) is 8.83. The van der Waals surface area contributed by atoms with Gasteiger partial charge in [0.1, 0.15) is 0 Å². The Hall–Kier alpha value is -0.875. The van der Waals surface area contributed by atoms with Crippen molar-refractivity contribution in [2.45, 2.75) is 71.1 Å². The summed E-state index contributed by atoms with van der Waals surface area (Å²) in [4.78, 5) is 4.64. The van der Waals surface area contributed by atoms with E-state index in [2.05, 4.69) is 36.2 Å². The second kappa shape index (κ2) is 13.6. The van der Waals surface area contributed by atoms with E-state index in [-0.39, 0.29) is 1.43 Å². The van der Waals surface area contributed by atoms with Crippen LogP contribution in [0.3, 0.4) is 0 Å². The van der Waals surface area contributed by atoms with Crippen molar-refractivity contribution in [2.24, 2.45) is 0 Å². The lowest BCUT2D eigenvalue weighted by molar-refractivity contribution is 0.290. The molecule has 0 saturated carbocycles. The molecule has 1 aliphatic heterocycles. The number of halogens is 4. The van der Waals surface area contributed by atoms with E-state index in [1.807, 2.05) is 0 Å². The molecule has 2 nitrogen and oxygen atoms in total. The van der Waals surface area contributed by atoms with Crippen LogP contribution in [0.1, 0.15) is 72.6 Å². The van der Waals surface area contributed by atoms with E-state index in [1.165, 1.54) is 70.8 Å². The highest BCUT2D eigenvalue weighted by molar-refractivity contribution is 6.50. The fourth-order valence-corrected chi connectivity index (χ4v) is 2.54. The van der Waals surface area contributed by atoms with Crippen LogP contribution in [-0.4, -0.2) is 37.3 Å². The Kier molecular flexibility index (Phi) is 13.0. The Morgan fingerprint density at radius 3 is 1.65 bits per heavy atom. The molecule has 1 rings (SSSR count). The summed E-state index contributed by atoms with van der Waals surface area (Å²) < 4.78 is 39.0. The Balaban J connectivity index is 0. The fraction of sp³-hybridized carbons (Fsp3) is 0.875. The number of unbranched alkanes of at least 4 members (excludes halogenated alkanes) is 9. The maximum Gasteiger partial charge on any atom is 1.00 e. The minimum Gasteiger partial charge on any atom is -0.418 e. The average molecular weight is 340 g/mol. The van der Waals surface area contributed by atoms with Gasteiger partial charge in [-0.25, -0.2) is 0 Å². The molecule has 0 unspecified atom stereocenters. The van der Waals surface area contributed by atoms with Crippen LogP contribution in [0.4, 0.5) is 17.3 Å². The largest absolute Gasteiger partial charge is 1.00 e. The van der Waals surface area contributed by atoms with Gasteiger partial charge in [0.25, 0.3) is 0 Å². The summed E-state index contributed by atoms with van der Waals surface area (Å²) in [6.07, 6.45) is 18.6. The molecule has 0 aliphatic carbocycles. The summed E-state index contributed by atoms with van der Waals surface area (Å²) in [7, 11) is -3.87. The second-order valence-corrected chi connectivity index (χ2v) is 6.19. The fourth-order valence-electron chi connectivity index (χ4n) is 2.54. The van der Waals surface area contributed by atoms with Crippen LogP contribution in [0.25, 0.3) is 0 Å². The molecule has 0 amide bonds. The zero-order valence-electron chi connectivity index (χ0n) is 15.6. The van der Waals surface area contributed by atoms with E-state index < -0.39 is 7.25 Å². The van der Waals surface area contributed by atoms with Gasteiger partial charge >= 0.3 is 8.68 Å². The standard InChI is InChI=1S/C16H32N2.BF4/c1-3-4-5-6-7-8-9-10-11-12-13-18-15-14-17(2)16-18;2-1(3,4)5/h14-15H,3-13,16H2,1-2H3;/q;-1/p+1. The van der Waals surface area contributed by atoms with Gasteiger partial charge < -0.3 is 27.1 Å². The molecule has 0 aromatic rings. The van der Waals surface area contributed by atoms with Crippen LogP contribution in [0.2, 0.25) is 0 Å². The van der Waals surface area contributed by atoms with Crippen molar-refractivity contribution in [3.8, 4) is 0 Å². The van der Waals surface area contributed by atoms with E-state index in [9.17, 15) is 17.3 Å². The summed E-state index contributed by atoms with van der Waals surface area (Å²) in [5, 5.41) is 0. The topological polar surface area (TPSA) is 6.48 Å². The highest BCUT2D eigenvalue weighted by Crippen LogP contribution is 2.11. The van der Waals surface area contributed by atoms with Gasteiger partial charge in [0.2, 0.25) is 0 Å². The van der Waals surface area contributed by atoms with Crippen LogP contribution in [0.5, 0.6) is 0 Å². The molecule has 23 heavy (non-hydrogen) atoms. The summed E-state index contributed by atoms with van der Waals surface area (Å²) >= 11 is 0. The Morgan fingerprint density at radius 1 is 0.826 bits per heavy atom. The van der Waals surface area contributed by atoms with E-state index >= 15 is 0 Å². The molecule has 138 valence electrons. The summed E-state index contributed by atoms with van der Waals surface area (Å²) in [5.41, 5.74) is 0. The third kappa shape index (κ3) is 19.1. The van der Waals surface area contributed by atoms with Gasteiger partial charge in [-0.15, -0.1) is 0 Å². The quantitative estimate of drug-likeness (QED) is 0.259. The van der Waals surface area contributed by atoms with Gasteiger partial charge in [0.15, 0.2) is 0 Å². The zero-order valence-corrected chi connectivity index (χ0v) is 14.6. The van der Waals surface area contributed by atoms with Gasteiger partial charge in [-0.2, -0.15) is 0 Å². The van der Waals surface area contributed by atoms with E-state index in [1.54, 1.807) is 0 Å². The van der Waals surface area contributed by atoms with Crippen molar-refractivity contribution in [2.75, 3.05) is 20.3 Å². The van der Waals surface area contributed by atoms with Gasteiger partial charge in [-0.3, -0.25) is 0 Å². The van der Waals surface area contributed by atoms with Crippen LogP contribution in [-0.2, 0) is 0 Å². The van der Waals surface area contributed by atoms with Crippen LogP contribution in [0.15, 0.2) is 12.4 Å². The van der Waals surface area contributed by atoms with Crippen LogP contribution >= 0.6 is 0 Å². The number of nitrogens with zero attached hydrogens (tertiary/aromatic N) is 2. The number of hydrogen-bond donors (Lipinski definition) is 0. The van der Waals surface area contributed by atoms with E-state index in [0.29, 0.717) is 0 Å². The van der Waals surface area contributed by atoms with Crippen molar-refractivity contribution in [3.05, 3.63) is 12.4 Å². The number of hydrogen-bond acceptors (Lipinski definition) is 2. The molecule has 1 aliphatic rings. The van der Waals surface area contributed by atoms with E-state index in [4.69, 9.17) is 0 Å². The molecular formula is C16H33BF4N2. The molecule has 0 fully saturated rings. The maximum atomic E-state index is 9.75. The van der Waals surface area contributed by atoms with Crippen molar-refractivity contribution < 1.29 is 18.7 Å². The average Bonchev–Trinajstić information content (AvgIpc) is 2.85. The lowest BCUT2D eigenvalue weighted by Crippen LogP contribution is -2.23. The molecule has 0 atom stereocenters. The minimum absolute atomic E-state index is 0. The summed E-state index contributed by atoms with van der Waals surface area (Å²) in [5.74, 6) is 0. The molecule has 0 bridgehead atoms. The van der Waals surface area contributed by atoms with Gasteiger partial charge in [0, 0.05) is 26.0 Å². The van der Waals surface area contributed by atoms with Crippen LogP contribution in [0, 0.1) is 0 Å². The predicted octanol–water partition coefficient (Wildman–Crippen LogP) is 6.00. The number of rotatable bonds is 11. The molecule has 0 saturated heterocycles. The summed E-state index contributed by atoms with van der Waals surface area (Å²) in [6.45, 7) is 4.60. The maximum absolute atomic E-state index is 9.75. The summed E-state index contributed by atoms with van der Waals surface area (Å²) in [6, 6.07) is 0. The first-order valence-corrected chi connectivity index (χ1v) is 8.83. The molecule has 0 radical (unpaired) electrons. The lowest BCUT2D eigenvalue weighted by atomic mass is 10.1. The molecule has 0 aromatic heterocycles. The molecular weight excluding hydrogens is 307 g/mol. The first-order chi connectivity index (χ1) is 10.8. The first kappa shape index (κ1) is 22.1. The van der Waals surface area contributed by atoms with Crippen molar-refractivity contribution in [1.29, 1.82) is 0 Å². The molecule has 0 N–H and O–H groups in total. The van der Waals surface area contributed by atoms with Crippen molar-refractivity contribution in [1.82, 2.24) is 9.80 Å². The SMILES string of the molecule is CCCCCCCCCCCCN1C=CN(C)C1.F[B-](F)(F)F.[H+]. The zero-order chi connectivity index (χ0) is 17.6. The normalized spacial score (nSPS) is 14.2. The van der Waals surface area contributed by atoms with Gasteiger partial charge in [-0.1, -0.05) is 64.7 Å². The second-order valence-electron chi connectivity index (χ2n) is 6.19. The molecule has 7 heteroatoms. The van der Waals surface area contributed by atoms with Crippen molar-refractivity contribution in [3.63, 3.8) is 0 Å². The Morgan fingerprint density at radius 2 is 1.26 bits per heavy atom. The smallest absolute Gasteiger partial charge is 0.418 e. The van der Waals surface area contributed by atoms with Crippen molar-refractivity contribution >= 4 is 7.25 Å².